The number of allylic oxidation sites excluding steroid dienone is 2. The number of hydrogen-bond acceptors (Lipinski definition) is 6. The SMILES string of the molecule is CC(=O)/C=C(/C)O.CN(C)c1ccnc(-c2[c-]cc(Sc3ccccc3)cc2Sc2ccccc2)c1.[Ir]. The minimum absolute atomic E-state index is 0. The Bertz CT molecular complexity index is 1310. The molecule has 4 aromatic rings. The maximum atomic E-state index is 10.0. The summed E-state index contributed by atoms with van der Waals surface area (Å²) in [5, 5.41) is 8.36. The van der Waals surface area contributed by atoms with Crippen LogP contribution < -0.4 is 4.90 Å². The predicted molar refractivity (Wildman–Crippen MR) is 151 cm³/mol. The van der Waals surface area contributed by atoms with E-state index in [1.165, 1.54) is 34.6 Å². The van der Waals surface area contributed by atoms with E-state index in [2.05, 4.69) is 82.7 Å². The van der Waals surface area contributed by atoms with Crippen molar-refractivity contribution in [1.29, 1.82) is 0 Å². The number of hydrogen-bond donors (Lipinski definition) is 1. The van der Waals surface area contributed by atoms with E-state index in [0.29, 0.717) is 0 Å². The van der Waals surface area contributed by atoms with E-state index < -0.39 is 0 Å². The predicted octanol–water partition coefficient (Wildman–Crippen LogP) is 7.95. The molecule has 0 bridgehead atoms. The van der Waals surface area contributed by atoms with Crippen LogP contribution in [0, 0.1) is 6.07 Å². The Morgan fingerprint density at radius 2 is 1.49 bits per heavy atom. The van der Waals surface area contributed by atoms with Gasteiger partial charge in [0.05, 0.1) is 5.76 Å². The van der Waals surface area contributed by atoms with Crippen LogP contribution >= 0.6 is 23.5 Å². The molecule has 0 aliphatic heterocycles. The number of aromatic nitrogens is 1. The molecule has 3 aromatic carbocycles. The van der Waals surface area contributed by atoms with Gasteiger partial charge in [-0.25, -0.2) is 0 Å². The molecule has 1 aromatic heterocycles. The molecular weight excluding hydrogens is 677 g/mol. The number of aliphatic hydroxyl groups is 1. The van der Waals surface area contributed by atoms with Crippen molar-refractivity contribution in [3.63, 3.8) is 0 Å². The van der Waals surface area contributed by atoms with Crippen LogP contribution in [0.4, 0.5) is 5.69 Å². The number of nitrogens with zero attached hydrogens (tertiary/aromatic N) is 2. The maximum Gasteiger partial charge on any atom is 0.155 e. The van der Waals surface area contributed by atoms with Gasteiger partial charge in [-0.2, -0.15) is 0 Å². The Morgan fingerprint density at radius 3 is 2.00 bits per heavy atom. The van der Waals surface area contributed by atoms with E-state index in [0.717, 1.165) is 21.8 Å². The van der Waals surface area contributed by atoms with Crippen LogP contribution in [0.25, 0.3) is 11.3 Å². The molecule has 1 heterocycles. The summed E-state index contributed by atoms with van der Waals surface area (Å²) in [4.78, 5) is 21.5. The average molecular weight is 706 g/mol. The number of benzene rings is 3. The fourth-order valence-corrected chi connectivity index (χ4v) is 5.10. The first-order valence-electron chi connectivity index (χ1n) is 11.3. The Morgan fingerprint density at radius 1 is 0.892 bits per heavy atom. The molecule has 4 rings (SSSR count). The van der Waals surface area contributed by atoms with Crippen LogP contribution in [-0.2, 0) is 24.9 Å². The quantitative estimate of drug-likeness (QED) is 0.120. The van der Waals surface area contributed by atoms with Gasteiger partial charge in [0.25, 0.3) is 0 Å². The van der Waals surface area contributed by atoms with E-state index in [4.69, 9.17) is 5.11 Å². The zero-order valence-corrected chi connectivity index (χ0v) is 25.2. The van der Waals surface area contributed by atoms with Gasteiger partial charge >= 0.3 is 0 Å². The van der Waals surface area contributed by atoms with Crippen LogP contribution in [0.5, 0.6) is 0 Å². The fourth-order valence-electron chi connectivity index (χ4n) is 3.17. The van der Waals surface area contributed by atoms with Gasteiger partial charge in [-0.05, 0) is 49.9 Å². The fraction of sp³-hybridized carbons (Fsp3) is 0.133. The van der Waals surface area contributed by atoms with Gasteiger partial charge < -0.3 is 15.0 Å². The summed E-state index contributed by atoms with van der Waals surface area (Å²) in [5.41, 5.74) is 3.09. The molecule has 0 spiro atoms. The van der Waals surface area contributed by atoms with Gasteiger partial charge in [-0.15, -0.1) is 47.3 Å². The van der Waals surface area contributed by atoms with E-state index in [1.54, 1.807) is 23.5 Å². The molecule has 0 saturated carbocycles. The monoisotopic (exact) mass is 706 g/mol. The first-order valence-corrected chi connectivity index (χ1v) is 13.0. The number of rotatable bonds is 7. The Balaban J connectivity index is 0.000000532. The number of carbonyl (C=O) groups excluding carboxylic acids is 1. The van der Waals surface area contributed by atoms with Crippen LogP contribution in [-0.4, -0.2) is 30.0 Å². The van der Waals surface area contributed by atoms with Crippen LogP contribution in [0.15, 0.2) is 123 Å². The van der Waals surface area contributed by atoms with Gasteiger partial charge in [0.1, 0.15) is 0 Å². The minimum Gasteiger partial charge on any atom is -0.512 e. The van der Waals surface area contributed by atoms with Crippen LogP contribution in [0.1, 0.15) is 13.8 Å². The summed E-state index contributed by atoms with van der Waals surface area (Å²) in [6, 6.07) is 32.8. The molecule has 0 atom stereocenters. The summed E-state index contributed by atoms with van der Waals surface area (Å²) in [6.07, 6.45) is 3.03. The number of aliphatic hydroxyl groups excluding tert-OH is 1. The molecule has 0 saturated heterocycles. The molecule has 1 N–H and O–H groups in total. The summed E-state index contributed by atoms with van der Waals surface area (Å²) < 4.78 is 0. The van der Waals surface area contributed by atoms with E-state index in [9.17, 15) is 4.79 Å². The molecule has 0 fully saturated rings. The zero-order chi connectivity index (χ0) is 25.9. The largest absolute Gasteiger partial charge is 0.512 e. The molecule has 7 heteroatoms. The third kappa shape index (κ3) is 10.2. The molecule has 1 radical (unpaired) electrons. The molecule has 37 heavy (non-hydrogen) atoms. The molecule has 0 amide bonds. The van der Waals surface area contributed by atoms with Gasteiger partial charge in [0.15, 0.2) is 5.78 Å². The summed E-state index contributed by atoms with van der Waals surface area (Å²) in [7, 11) is 4.09. The Labute approximate surface area is 241 Å². The molecule has 4 nitrogen and oxygen atoms in total. The third-order valence-corrected chi connectivity index (χ3v) is 6.79. The second-order valence-corrected chi connectivity index (χ2v) is 10.4. The first kappa shape index (κ1) is 30.4. The zero-order valence-electron chi connectivity index (χ0n) is 21.1. The van der Waals surface area contributed by atoms with Crippen LogP contribution in [0.2, 0.25) is 0 Å². The van der Waals surface area contributed by atoms with Crippen molar-refractivity contribution in [2.75, 3.05) is 19.0 Å². The van der Waals surface area contributed by atoms with Crippen molar-refractivity contribution in [3.05, 3.63) is 109 Å². The van der Waals surface area contributed by atoms with E-state index in [-0.39, 0.29) is 31.6 Å². The second-order valence-electron chi connectivity index (χ2n) is 8.09. The van der Waals surface area contributed by atoms with Crippen molar-refractivity contribution in [3.8, 4) is 11.3 Å². The van der Waals surface area contributed by atoms with Crippen LogP contribution in [0.3, 0.4) is 0 Å². The van der Waals surface area contributed by atoms with Gasteiger partial charge in [-0.1, -0.05) is 52.3 Å². The summed E-state index contributed by atoms with van der Waals surface area (Å²) >= 11 is 3.50. The molecule has 0 aliphatic rings. The van der Waals surface area contributed by atoms with Crippen molar-refractivity contribution < 1.29 is 30.0 Å². The molecular formula is C30H29IrN2O2S2-. The summed E-state index contributed by atoms with van der Waals surface area (Å²) in [5.74, 6) is -0.0625. The normalized spacial score (nSPS) is 10.5. The van der Waals surface area contributed by atoms with Crippen molar-refractivity contribution in [2.45, 2.75) is 33.4 Å². The Kier molecular flexibility index (Phi) is 12.7. The number of carbonyl (C=O) groups is 1. The average Bonchev–Trinajstić information content (AvgIpc) is 2.85. The van der Waals surface area contributed by atoms with Crippen molar-refractivity contribution in [1.82, 2.24) is 4.98 Å². The first-order chi connectivity index (χ1) is 17.3. The molecule has 0 aliphatic carbocycles. The second kappa shape index (κ2) is 15.4. The summed E-state index contributed by atoms with van der Waals surface area (Å²) in [6.45, 7) is 2.85. The number of ketones is 1. The number of anilines is 1. The minimum atomic E-state index is -0.125. The maximum absolute atomic E-state index is 10.0. The van der Waals surface area contributed by atoms with Gasteiger partial charge in [0, 0.05) is 62.0 Å². The molecule has 193 valence electrons. The van der Waals surface area contributed by atoms with Crippen molar-refractivity contribution >= 4 is 35.0 Å². The standard InChI is InChI=1S/C25H21N2S2.C5H8O2.Ir/c1-27(2)19-15-16-26-24(17-19)23-14-13-22(28-20-9-5-3-6-10-20)18-25(23)29-21-11-7-4-8-12-21;1-4(6)3-5(2)7;/h3-13,15-18H,1-2H3;3,6H,1-2H3;/q-1;;/b;4-3-;. The topological polar surface area (TPSA) is 53.4 Å². The third-order valence-electron chi connectivity index (χ3n) is 4.76. The smallest absolute Gasteiger partial charge is 0.155 e. The number of pyridine rings is 1. The van der Waals surface area contributed by atoms with E-state index >= 15 is 0 Å². The van der Waals surface area contributed by atoms with Crippen molar-refractivity contribution in [2.24, 2.45) is 0 Å². The van der Waals surface area contributed by atoms with E-state index in [1.807, 2.05) is 38.5 Å². The Hall–Kier alpha value is -2.83. The molecule has 0 unspecified atom stereocenters. The van der Waals surface area contributed by atoms with Gasteiger partial charge in [-0.3, -0.25) is 4.79 Å². The van der Waals surface area contributed by atoms with Gasteiger partial charge in [0.2, 0.25) is 0 Å².